The van der Waals surface area contributed by atoms with E-state index in [2.05, 4.69) is 41.3 Å². The summed E-state index contributed by atoms with van der Waals surface area (Å²) >= 11 is 6.33. The van der Waals surface area contributed by atoms with Crippen LogP contribution in [0.15, 0.2) is 79.3 Å². The van der Waals surface area contributed by atoms with Crippen molar-refractivity contribution in [2.24, 2.45) is 0 Å². The maximum atomic E-state index is 14.3. The van der Waals surface area contributed by atoms with Crippen molar-refractivity contribution in [3.05, 3.63) is 101 Å². The third-order valence-corrected chi connectivity index (χ3v) is 9.10. The van der Waals surface area contributed by atoms with Gasteiger partial charge in [-0.25, -0.2) is 4.39 Å². The Morgan fingerprint density at radius 3 is 2.66 bits per heavy atom. The number of piperidine rings is 1. The molecule has 0 radical (unpaired) electrons. The minimum atomic E-state index is -0.879. The summed E-state index contributed by atoms with van der Waals surface area (Å²) in [5, 5.41) is 26.2. The van der Waals surface area contributed by atoms with Gasteiger partial charge in [0.2, 0.25) is 11.8 Å². The number of tetrazole rings is 1. The molecular formula is C33H32ClFN10O2. The number of aromatic nitrogens is 6. The lowest BCUT2D eigenvalue weighted by Gasteiger charge is -2.47. The van der Waals surface area contributed by atoms with E-state index >= 15 is 0 Å². The van der Waals surface area contributed by atoms with Gasteiger partial charge >= 0.3 is 0 Å². The van der Waals surface area contributed by atoms with Gasteiger partial charge in [0, 0.05) is 72.4 Å². The maximum Gasteiger partial charge on any atom is 0.247 e. The topological polar surface area (TPSA) is 137 Å². The minimum Gasteiger partial charge on any atom is -0.325 e. The van der Waals surface area contributed by atoms with Crippen molar-refractivity contribution >= 4 is 46.1 Å². The number of benzene rings is 3. The SMILES string of the molecule is O=C(Nc1ccc2[nH]ncc2c1)[C@H]1[C@@H](c2ccc(F)cc2)C[C@@H](N2CCNCC2)CN1C(=O)/C=C/c1cc(Cl)ccc1-n1cnnn1. The van der Waals surface area contributed by atoms with E-state index in [1.807, 2.05) is 12.1 Å². The van der Waals surface area contributed by atoms with Crippen LogP contribution in [-0.4, -0.2) is 96.8 Å². The fourth-order valence-electron chi connectivity index (χ4n) is 6.58. The molecule has 7 rings (SSSR count). The molecule has 12 nitrogen and oxygen atoms in total. The number of likely N-dealkylation sites (tertiary alicyclic amines) is 1. The molecule has 0 spiro atoms. The molecule has 47 heavy (non-hydrogen) atoms. The standard InChI is InChI=1S/C33H32ClFN10O2/c34-24-4-9-30(45-20-38-41-42-45)22(15-24)3-10-31(46)44-19-27(43-13-11-36-12-14-43)17-28(21-1-5-25(35)6-2-21)32(44)33(47)39-26-7-8-29-23(16-26)18-37-40-29/h1-10,15-16,18,20,27-28,32,36H,11-14,17,19H2,(H,37,40)(H,39,47)/b10-3+/t27-,28-,32-/m1/s1. The maximum absolute atomic E-state index is 14.3. The molecule has 0 aliphatic carbocycles. The van der Waals surface area contributed by atoms with Crippen LogP contribution in [0.1, 0.15) is 23.5 Å². The average molecular weight is 655 g/mol. The molecule has 4 heterocycles. The van der Waals surface area contributed by atoms with Gasteiger partial charge in [0.25, 0.3) is 0 Å². The first-order valence-corrected chi connectivity index (χ1v) is 15.8. The van der Waals surface area contributed by atoms with Gasteiger partial charge in [0.05, 0.1) is 17.4 Å². The van der Waals surface area contributed by atoms with Gasteiger partial charge in [-0.05, 0) is 77.0 Å². The number of amides is 2. The van der Waals surface area contributed by atoms with Crippen LogP contribution in [0.4, 0.5) is 10.1 Å². The molecule has 2 amide bonds. The van der Waals surface area contributed by atoms with Crippen LogP contribution in [0.2, 0.25) is 5.02 Å². The number of rotatable bonds is 7. The van der Waals surface area contributed by atoms with Crippen LogP contribution in [0, 0.1) is 5.82 Å². The summed E-state index contributed by atoms with van der Waals surface area (Å²) in [6, 6.07) is 16.0. The number of halogens is 2. The van der Waals surface area contributed by atoms with Crippen molar-refractivity contribution in [1.29, 1.82) is 0 Å². The lowest BCUT2D eigenvalue weighted by atomic mass is 9.80. The normalized spacial score (nSPS) is 20.6. The Labute approximate surface area is 274 Å². The molecule has 3 aromatic carbocycles. The molecule has 2 aliphatic heterocycles. The number of H-pyrrole nitrogens is 1. The molecule has 240 valence electrons. The van der Waals surface area contributed by atoms with E-state index in [0.717, 1.165) is 42.6 Å². The fourth-order valence-corrected chi connectivity index (χ4v) is 6.76. The van der Waals surface area contributed by atoms with Crippen molar-refractivity contribution in [3.8, 4) is 5.69 Å². The third kappa shape index (κ3) is 6.64. The Morgan fingerprint density at radius 1 is 1.04 bits per heavy atom. The molecule has 3 atom stereocenters. The van der Waals surface area contributed by atoms with Crippen LogP contribution in [0.25, 0.3) is 22.7 Å². The summed E-state index contributed by atoms with van der Waals surface area (Å²) in [4.78, 5) is 32.6. The molecule has 2 fully saturated rings. The highest BCUT2D eigenvalue weighted by Crippen LogP contribution is 2.36. The Bertz CT molecular complexity index is 1910. The van der Waals surface area contributed by atoms with Gasteiger partial charge in [0.1, 0.15) is 18.2 Å². The second-order valence-electron chi connectivity index (χ2n) is 11.7. The first-order chi connectivity index (χ1) is 22.9. The second-order valence-corrected chi connectivity index (χ2v) is 12.2. The second kappa shape index (κ2) is 13.4. The van der Waals surface area contributed by atoms with Gasteiger partial charge in [-0.1, -0.05) is 23.7 Å². The quantitative estimate of drug-likeness (QED) is 0.226. The van der Waals surface area contributed by atoms with Crippen LogP contribution in [0.5, 0.6) is 0 Å². The number of carbonyl (C=O) groups is 2. The lowest BCUT2D eigenvalue weighted by Crippen LogP contribution is -2.61. The zero-order chi connectivity index (χ0) is 32.3. The van der Waals surface area contributed by atoms with E-state index < -0.39 is 12.0 Å². The number of nitrogens with one attached hydrogen (secondary N) is 3. The highest BCUT2D eigenvalue weighted by molar-refractivity contribution is 6.30. The van der Waals surface area contributed by atoms with E-state index in [1.54, 1.807) is 53.6 Å². The Kier molecular flexibility index (Phi) is 8.74. The minimum absolute atomic E-state index is 0.0150. The first kappa shape index (κ1) is 30.7. The molecule has 3 N–H and O–H groups in total. The molecule has 0 bridgehead atoms. The highest BCUT2D eigenvalue weighted by atomic mass is 35.5. The van der Waals surface area contributed by atoms with Gasteiger partial charge < -0.3 is 15.5 Å². The van der Waals surface area contributed by atoms with Crippen LogP contribution >= 0.6 is 11.6 Å². The van der Waals surface area contributed by atoms with Gasteiger partial charge in [-0.2, -0.15) is 9.78 Å². The summed E-state index contributed by atoms with van der Waals surface area (Å²) in [5.41, 5.74) is 3.47. The summed E-state index contributed by atoms with van der Waals surface area (Å²) in [7, 11) is 0. The molecule has 2 aromatic heterocycles. The zero-order valence-electron chi connectivity index (χ0n) is 25.3. The Hall–Kier alpha value is -4.98. The number of fused-ring (bicyclic) bond motifs is 1. The summed E-state index contributed by atoms with van der Waals surface area (Å²) in [5.74, 6) is -1.44. The third-order valence-electron chi connectivity index (χ3n) is 8.87. The zero-order valence-corrected chi connectivity index (χ0v) is 26.0. The van der Waals surface area contributed by atoms with Gasteiger partial charge in [-0.15, -0.1) is 5.10 Å². The number of hydrogen-bond donors (Lipinski definition) is 3. The summed E-state index contributed by atoms with van der Waals surface area (Å²) < 4.78 is 15.6. The van der Waals surface area contributed by atoms with Gasteiger partial charge in [-0.3, -0.25) is 19.6 Å². The number of carbonyl (C=O) groups excluding carboxylic acids is 2. The van der Waals surface area contributed by atoms with Crippen molar-refractivity contribution in [2.45, 2.75) is 24.4 Å². The molecule has 2 aliphatic rings. The van der Waals surface area contributed by atoms with Crippen molar-refractivity contribution in [2.75, 3.05) is 38.0 Å². The Morgan fingerprint density at radius 2 is 1.87 bits per heavy atom. The van der Waals surface area contributed by atoms with Crippen molar-refractivity contribution < 1.29 is 14.0 Å². The largest absolute Gasteiger partial charge is 0.325 e. The number of anilines is 1. The van der Waals surface area contributed by atoms with E-state index in [1.165, 1.54) is 29.2 Å². The molecular weight excluding hydrogens is 623 g/mol. The molecule has 5 aromatic rings. The van der Waals surface area contributed by atoms with Gasteiger partial charge in [0.15, 0.2) is 0 Å². The summed E-state index contributed by atoms with van der Waals surface area (Å²) in [6.07, 6.45) is 6.88. The predicted octanol–water partition coefficient (Wildman–Crippen LogP) is 3.64. The Balaban J connectivity index is 1.26. The average Bonchev–Trinajstić information content (AvgIpc) is 3.80. The monoisotopic (exact) mass is 654 g/mol. The molecule has 0 saturated carbocycles. The smallest absolute Gasteiger partial charge is 0.247 e. The van der Waals surface area contributed by atoms with E-state index in [9.17, 15) is 14.0 Å². The first-order valence-electron chi connectivity index (χ1n) is 15.4. The number of nitrogens with zero attached hydrogens (tertiary/aromatic N) is 7. The van der Waals surface area contributed by atoms with E-state index in [0.29, 0.717) is 34.9 Å². The van der Waals surface area contributed by atoms with Crippen molar-refractivity contribution in [3.63, 3.8) is 0 Å². The molecule has 0 unspecified atom stereocenters. The number of aromatic amines is 1. The van der Waals surface area contributed by atoms with E-state index in [4.69, 9.17) is 11.6 Å². The van der Waals surface area contributed by atoms with E-state index in [-0.39, 0.29) is 23.7 Å². The fraction of sp³-hybridized carbons (Fsp3) is 0.273. The highest BCUT2D eigenvalue weighted by Gasteiger charge is 2.44. The lowest BCUT2D eigenvalue weighted by molar-refractivity contribution is -0.139. The van der Waals surface area contributed by atoms with Crippen LogP contribution in [-0.2, 0) is 9.59 Å². The molecule has 2 saturated heterocycles. The van der Waals surface area contributed by atoms with Crippen molar-refractivity contribution in [1.82, 2.24) is 45.5 Å². The van der Waals surface area contributed by atoms with Crippen LogP contribution in [0.3, 0.4) is 0 Å². The predicted molar refractivity (Wildman–Crippen MR) is 175 cm³/mol. The molecule has 14 heteroatoms. The summed E-state index contributed by atoms with van der Waals surface area (Å²) in [6.45, 7) is 3.65. The number of piperazine rings is 1. The number of hydrogen-bond acceptors (Lipinski definition) is 8. The van der Waals surface area contributed by atoms with Crippen LogP contribution < -0.4 is 10.6 Å².